The standard InChI is InChI=1S/C15H19N5O4S/c1-2-16-25(23,24)11-7-8-19(9-11)14(21)10-20-15(22)12-5-3-4-6-13(12)17-18-20/h3-6,11,16H,2,7-10H2,1H3. The van der Waals surface area contributed by atoms with Crippen molar-refractivity contribution in [2.45, 2.75) is 25.1 Å². The summed E-state index contributed by atoms with van der Waals surface area (Å²) < 4.78 is 27.5. The lowest BCUT2D eigenvalue weighted by atomic mass is 10.2. The fraction of sp³-hybridized carbons (Fsp3) is 0.467. The monoisotopic (exact) mass is 365 g/mol. The Morgan fingerprint density at radius 1 is 1.36 bits per heavy atom. The van der Waals surface area contributed by atoms with E-state index in [0.717, 1.165) is 4.68 Å². The van der Waals surface area contributed by atoms with Crippen LogP contribution in [0.5, 0.6) is 0 Å². The van der Waals surface area contributed by atoms with Crippen LogP contribution >= 0.6 is 0 Å². The molecule has 0 saturated carbocycles. The molecule has 1 atom stereocenters. The van der Waals surface area contributed by atoms with Crippen molar-refractivity contribution in [3.05, 3.63) is 34.6 Å². The van der Waals surface area contributed by atoms with Gasteiger partial charge in [-0.05, 0) is 18.6 Å². The van der Waals surface area contributed by atoms with Gasteiger partial charge in [-0.15, -0.1) is 5.10 Å². The fourth-order valence-corrected chi connectivity index (χ4v) is 4.31. The van der Waals surface area contributed by atoms with Gasteiger partial charge >= 0.3 is 0 Å². The molecule has 1 fully saturated rings. The molecule has 1 unspecified atom stereocenters. The lowest BCUT2D eigenvalue weighted by Gasteiger charge is -2.17. The van der Waals surface area contributed by atoms with E-state index in [4.69, 9.17) is 0 Å². The van der Waals surface area contributed by atoms with Crippen LogP contribution in [0.4, 0.5) is 0 Å². The molecule has 0 spiro atoms. The Bertz CT molecular complexity index is 956. The van der Waals surface area contributed by atoms with Crippen LogP contribution in [0, 0.1) is 0 Å². The van der Waals surface area contributed by atoms with Gasteiger partial charge in [0.1, 0.15) is 12.1 Å². The van der Waals surface area contributed by atoms with E-state index in [9.17, 15) is 18.0 Å². The second-order valence-electron chi connectivity index (χ2n) is 5.86. The zero-order chi connectivity index (χ0) is 18.0. The largest absolute Gasteiger partial charge is 0.340 e. The smallest absolute Gasteiger partial charge is 0.278 e. The van der Waals surface area contributed by atoms with Gasteiger partial charge in [0.2, 0.25) is 15.9 Å². The number of hydrogen-bond acceptors (Lipinski definition) is 6. The van der Waals surface area contributed by atoms with E-state index in [-0.39, 0.29) is 19.0 Å². The van der Waals surface area contributed by atoms with Crippen LogP contribution in [-0.4, -0.2) is 59.1 Å². The molecule has 134 valence electrons. The molecule has 3 rings (SSSR count). The van der Waals surface area contributed by atoms with Gasteiger partial charge < -0.3 is 4.90 Å². The Morgan fingerprint density at radius 2 is 2.12 bits per heavy atom. The molecule has 1 amide bonds. The highest BCUT2D eigenvalue weighted by Crippen LogP contribution is 2.16. The SMILES string of the molecule is CCNS(=O)(=O)C1CCN(C(=O)Cn2nnc3ccccc3c2=O)C1. The van der Waals surface area contributed by atoms with E-state index in [0.29, 0.717) is 30.4 Å². The summed E-state index contributed by atoms with van der Waals surface area (Å²) in [6, 6.07) is 6.77. The first-order chi connectivity index (χ1) is 11.9. The van der Waals surface area contributed by atoms with Crippen LogP contribution in [0.3, 0.4) is 0 Å². The highest BCUT2D eigenvalue weighted by molar-refractivity contribution is 7.90. The number of nitrogens with one attached hydrogen (secondary N) is 1. The summed E-state index contributed by atoms with van der Waals surface area (Å²) in [7, 11) is -3.43. The van der Waals surface area contributed by atoms with E-state index < -0.39 is 20.8 Å². The topological polar surface area (TPSA) is 114 Å². The molecule has 1 aliphatic rings. The average Bonchev–Trinajstić information content (AvgIpc) is 3.09. The van der Waals surface area contributed by atoms with Crippen molar-refractivity contribution in [2.75, 3.05) is 19.6 Å². The minimum Gasteiger partial charge on any atom is -0.340 e. The van der Waals surface area contributed by atoms with E-state index in [1.807, 2.05) is 0 Å². The highest BCUT2D eigenvalue weighted by atomic mass is 32.2. The van der Waals surface area contributed by atoms with Crippen LogP contribution in [-0.2, 0) is 21.4 Å². The summed E-state index contributed by atoms with van der Waals surface area (Å²) in [6.45, 7) is 2.22. The fourth-order valence-electron chi connectivity index (χ4n) is 2.88. The van der Waals surface area contributed by atoms with Gasteiger partial charge in [0.15, 0.2) is 0 Å². The molecule has 0 bridgehead atoms. The molecule has 2 heterocycles. The number of nitrogens with zero attached hydrogens (tertiary/aromatic N) is 4. The van der Waals surface area contributed by atoms with Gasteiger partial charge in [0.05, 0.1) is 10.6 Å². The number of likely N-dealkylation sites (tertiary alicyclic amines) is 1. The molecule has 1 aromatic carbocycles. The molecule has 1 aromatic heterocycles. The molecule has 0 aliphatic carbocycles. The van der Waals surface area contributed by atoms with Crippen molar-refractivity contribution < 1.29 is 13.2 Å². The zero-order valence-electron chi connectivity index (χ0n) is 13.8. The number of sulfonamides is 1. The molecule has 25 heavy (non-hydrogen) atoms. The molecule has 1 N–H and O–H groups in total. The number of fused-ring (bicyclic) bond motifs is 1. The number of aromatic nitrogens is 3. The van der Waals surface area contributed by atoms with Gasteiger partial charge in [0, 0.05) is 19.6 Å². The third-order valence-corrected chi connectivity index (χ3v) is 6.15. The maximum Gasteiger partial charge on any atom is 0.278 e. The summed E-state index contributed by atoms with van der Waals surface area (Å²) in [6.07, 6.45) is 0.374. The van der Waals surface area contributed by atoms with Gasteiger partial charge in [-0.25, -0.2) is 17.8 Å². The Kier molecular flexibility index (Phi) is 4.82. The van der Waals surface area contributed by atoms with Crippen LogP contribution < -0.4 is 10.3 Å². The first-order valence-electron chi connectivity index (χ1n) is 8.01. The number of carbonyl (C=O) groups excluding carboxylic acids is 1. The minimum atomic E-state index is -3.43. The lowest BCUT2D eigenvalue weighted by Crippen LogP contribution is -2.39. The maximum atomic E-state index is 12.4. The molecule has 1 aliphatic heterocycles. The van der Waals surface area contributed by atoms with E-state index in [1.165, 1.54) is 4.90 Å². The molecule has 0 radical (unpaired) electrons. The van der Waals surface area contributed by atoms with E-state index >= 15 is 0 Å². The van der Waals surface area contributed by atoms with Crippen LogP contribution in [0.1, 0.15) is 13.3 Å². The zero-order valence-corrected chi connectivity index (χ0v) is 14.6. The first kappa shape index (κ1) is 17.5. The van der Waals surface area contributed by atoms with Crippen molar-refractivity contribution >= 4 is 26.8 Å². The van der Waals surface area contributed by atoms with Gasteiger partial charge in [-0.3, -0.25) is 9.59 Å². The molecular weight excluding hydrogens is 346 g/mol. The number of carbonyl (C=O) groups is 1. The summed E-state index contributed by atoms with van der Waals surface area (Å²) in [4.78, 5) is 26.2. The third kappa shape index (κ3) is 3.54. The Balaban J connectivity index is 1.74. The summed E-state index contributed by atoms with van der Waals surface area (Å²) in [5, 5.41) is 7.49. The van der Waals surface area contributed by atoms with Crippen molar-refractivity contribution in [2.24, 2.45) is 0 Å². The van der Waals surface area contributed by atoms with E-state index in [2.05, 4.69) is 15.0 Å². The summed E-state index contributed by atoms with van der Waals surface area (Å²) >= 11 is 0. The predicted octanol–water partition coefficient (Wildman–Crippen LogP) is -0.668. The minimum absolute atomic E-state index is 0.115. The molecule has 9 nitrogen and oxygen atoms in total. The normalized spacial score (nSPS) is 18.0. The number of rotatable bonds is 5. The third-order valence-electron chi connectivity index (χ3n) is 4.20. The summed E-state index contributed by atoms with van der Waals surface area (Å²) in [5.41, 5.74) is 0.0733. The maximum absolute atomic E-state index is 12.4. The van der Waals surface area contributed by atoms with Crippen molar-refractivity contribution in [1.29, 1.82) is 0 Å². The van der Waals surface area contributed by atoms with Gasteiger partial charge in [-0.1, -0.05) is 24.3 Å². The lowest BCUT2D eigenvalue weighted by molar-refractivity contribution is -0.131. The Labute approximate surface area is 144 Å². The second-order valence-corrected chi connectivity index (χ2v) is 7.91. The molecule has 2 aromatic rings. The van der Waals surface area contributed by atoms with Crippen LogP contribution in [0.25, 0.3) is 10.9 Å². The summed E-state index contributed by atoms with van der Waals surface area (Å²) in [5.74, 6) is -0.346. The van der Waals surface area contributed by atoms with Gasteiger partial charge in [0.25, 0.3) is 5.56 Å². The van der Waals surface area contributed by atoms with Crippen LogP contribution in [0.2, 0.25) is 0 Å². The van der Waals surface area contributed by atoms with Crippen LogP contribution in [0.15, 0.2) is 29.1 Å². The highest BCUT2D eigenvalue weighted by Gasteiger charge is 2.34. The van der Waals surface area contributed by atoms with Crippen molar-refractivity contribution in [3.8, 4) is 0 Å². The number of amides is 1. The number of benzene rings is 1. The molecular formula is C15H19N5O4S. The molecule has 1 saturated heterocycles. The first-order valence-corrected chi connectivity index (χ1v) is 9.56. The quantitative estimate of drug-likeness (QED) is 0.752. The Hall–Kier alpha value is -2.33. The van der Waals surface area contributed by atoms with Crippen molar-refractivity contribution in [3.63, 3.8) is 0 Å². The average molecular weight is 365 g/mol. The second kappa shape index (κ2) is 6.89. The number of hydrogen-bond donors (Lipinski definition) is 1. The van der Waals surface area contributed by atoms with Crippen molar-refractivity contribution in [1.82, 2.24) is 24.6 Å². The predicted molar refractivity (Wildman–Crippen MR) is 91.4 cm³/mol. The Morgan fingerprint density at radius 3 is 2.88 bits per heavy atom. The molecule has 10 heteroatoms. The van der Waals surface area contributed by atoms with Gasteiger partial charge in [-0.2, -0.15) is 0 Å². The van der Waals surface area contributed by atoms with E-state index in [1.54, 1.807) is 31.2 Å².